The van der Waals surface area contributed by atoms with E-state index in [1.807, 2.05) is 23.1 Å². The number of amides is 2. The first-order chi connectivity index (χ1) is 12.1. The predicted octanol–water partition coefficient (Wildman–Crippen LogP) is 1.42. The fourth-order valence-electron chi connectivity index (χ4n) is 4.05. The van der Waals surface area contributed by atoms with Gasteiger partial charge in [-0.2, -0.15) is 0 Å². The average Bonchev–Trinajstić information content (AvgIpc) is 3.16. The van der Waals surface area contributed by atoms with Gasteiger partial charge in [-0.05, 0) is 30.9 Å². The first-order valence-electron chi connectivity index (χ1n) is 9.32. The number of hydrogen-bond donors (Lipinski definition) is 1. The molecule has 1 unspecified atom stereocenters. The maximum absolute atomic E-state index is 13.0. The molecule has 1 aromatic rings. The fraction of sp³-hybridized carbons (Fsp3) is 0.632. The molecule has 1 atom stereocenters. The topological polar surface area (TPSA) is 65.5 Å². The standard InChI is InChI=1S/C19H28N4O2/c1-15(24)22-10-12-23(13-11-22)18(16-6-2-3-7-16)19(25)21-14-17-8-4-5-9-20-17/h4-5,8-9,16,18H,2-3,6-7,10-14H2,1H3,(H,21,25). The van der Waals surface area contributed by atoms with Gasteiger partial charge >= 0.3 is 0 Å². The fourth-order valence-corrected chi connectivity index (χ4v) is 4.05. The largest absolute Gasteiger partial charge is 0.349 e. The summed E-state index contributed by atoms with van der Waals surface area (Å²) in [5.74, 6) is 0.651. The van der Waals surface area contributed by atoms with Crippen molar-refractivity contribution in [2.45, 2.75) is 45.2 Å². The molecule has 2 heterocycles. The molecule has 136 valence electrons. The highest BCUT2D eigenvalue weighted by Crippen LogP contribution is 2.31. The van der Waals surface area contributed by atoms with Crippen LogP contribution in [0.25, 0.3) is 0 Å². The van der Waals surface area contributed by atoms with Crippen molar-refractivity contribution in [3.63, 3.8) is 0 Å². The number of rotatable bonds is 5. The highest BCUT2D eigenvalue weighted by Gasteiger charge is 2.36. The van der Waals surface area contributed by atoms with Gasteiger partial charge < -0.3 is 10.2 Å². The second-order valence-electron chi connectivity index (χ2n) is 7.07. The van der Waals surface area contributed by atoms with Crippen LogP contribution in [-0.4, -0.2) is 58.8 Å². The van der Waals surface area contributed by atoms with E-state index in [0.29, 0.717) is 25.6 Å². The summed E-state index contributed by atoms with van der Waals surface area (Å²) in [6.45, 7) is 5.06. The molecule has 1 aliphatic heterocycles. The summed E-state index contributed by atoms with van der Waals surface area (Å²) in [5.41, 5.74) is 0.877. The first-order valence-corrected chi connectivity index (χ1v) is 9.32. The molecular formula is C19H28N4O2. The normalized spacial score (nSPS) is 20.4. The zero-order chi connectivity index (χ0) is 17.6. The van der Waals surface area contributed by atoms with Gasteiger partial charge in [-0.15, -0.1) is 0 Å². The Hall–Kier alpha value is -1.95. The lowest BCUT2D eigenvalue weighted by atomic mass is 9.95. The average molecular weight is 344 g/mol. The SMILES string of the molecule is CC(=O)N1CCN(C(C(=O)NCc2ccccn2)C2CCCC2)CC1. The van der Waals surface area contributed by atoms with Crippen LogP contribution in [0.1, 0.15) is 38.3 Å². The summed E-state index contributed by atoms with van der Waals surface area (Å²) in [7, 11) is 0. The Bertz CT molecular complexity index is 578. The summed E-state index contributed by atoms with van der Waals surface area (Å²) in [4.78, 5) is 32.9. The van der Waals surface area contributed by atoms with E-state index in [4.69, 9.17) is 0 Å². The molecule has 6 heteroatoms. The molecule has 1 saturated heterocycles. The molecule has 2 fully saturated rings. The molecule has 1 N–H and O–H groups in total. The van der Waals surface area contributed by atoms with Gasteiger partial charge in [0.05, 0.1) is 18.3 Å². The number of carbonyl (C=O) groups excluding carboxylic acids is 2. The van der Waals surface area contributed by atoms with Gasteiger partial charge in [0.2, 0.25) is 11.8 Å². The zero-order valence-electron chi connectivity index (χ0n) is 15.0. The van der Waals surface area contributed by atoms with Crippen LogP contribution in [0.3, 0.4) is 0 Å². The van der Waals surface area contributed by atoms with Crippen LogP contribution in [0, 0.1) is 5.92 Å². The lowest BCUT2D eigenvalue weighted by Gasteiger charge is -2.40. The van der Waals surface area contributed by atoms with Crippen molar-refractivity contribution in [3.05, 3.63) is 30.1 Å². The van der Waals surface area contributed by atoms with E-state index < -0.39 is 0 Å². The molecule has 3 rings (SSSR count). The maximum atomic E-state index is 13.0. The van der Waals surface area contributed by atoms with Crippen LogP contribution >= 0.6 is 0 Å². The molecule has 1 saturated carbocycles. The Kier molecular flexibility index (Phi) is 6.02. The monoisotopic (exact) mass is 344 g/mol. The Morgan fingerprint density at radius 3 is 2.52 bits per heavy atom. The number of nitrogens with zero attached hydrogens (tertiary/aromatic N) is 3. The minimum atomic E-state index is -0.0830. The van der Waals surface area contributed by atoms with E-state index in [9.17, 15) is 9.59 Å². The highest BCUT2D eigenvalue weighted by atomic mass is 16.2. The summed E-state index contributed by atoms with van der Waals surface area (Å²) >= 11 is 0. The summed E-state index contributed by atoms with van der Waals surface area (Å²) < 4.78 is 0. The molecule has 2 aliphatic rings. The van der Waals surface area contributed by atoms with E-state index in [1.165, 1.54) is 12.8 Å². The Labute approximate surface area is 149 Å². The number of piperazine rings is 1. The molecule has 0 aromatic carbocycles. The van der Waals surface area contributed by atoms with Gasteiger partial charge in [-0.25, -0.2) is 0 Å². The molecule has 0 spiro atoms. The molecule has 0 radical (unpaired) electrons. The van der Waals surface area contributed by atoms with Crippen molar-refractivity contribution < 1.29 is 9.59 Å². The van der Waals surface area contributed by atoms with Gasteiger partial charge in [-0.3, -0.25) is 19.5 Å². The lowest BCUT2D eigenvalue weighted by Crippen LogP contribution is -2.57. The third-order valence-corrected chi connectivity index (χ3v) is 5.44. The Morgan fingerprint density at radius 2 is 1.92 bits per heavy atom. The van der Waals surface area contributed by atoms with Crippen LogP contribution in [0.15, 0.2) is 24.4 Å². The smallest absolute Gasteiger partial charge is 0.237 e. The molecule has 0 bridgehead atoms. The van der Waals surface area contributed by atoms with Gasteiger partial charge in [0.15, 0.2) is 0 Å². The van der Waals surface area contributed by atoms with Crippen LogP contribution in [0.2, 0.25) is 0 Å². The second-order valence-corrected chi connectivity index (χ2v) is 7.07. The molecule has 1 aromatic heterocycles. The Balaban J connectivity index is 1.63. The van der Waals surface area contributed by atoms with E-state index in [-0.39, 0.29) is 17.9 Å². The van der Waals surface area contributed by atoms with Crippen LogP contribution < -0.4 is 5.32 Å². The number of carbonyl (C=O) groups is 2. The van der Waals surface area contributed by atoms with Crippen molar-refractivity contribution >= 4 is 11.8 Å². The Morgan fingerprint density at radius 1 is 1.20 bits per heavy atom. The summed E-state index contributed by atoms with van der Waals surface area (Å²) in [6, 6.07) is 5.65. The van der Waals surface area contributed by atoms with Gasteiger partial charge in [0.25, 0.3) is 0 Å². The molecule has 2 amide bonds. The van der Waals surface area contributed by atoms with Crippen LogP contribution in [-0.2, 0) is 16.1 Å². The quantitative estimate of drug-likeness (QED) is 0.877. The van der Waals surface area contributed by atoms with Crippen molar-refractivity contribution in [2.24, 2.45) is 5.92 Å². The number of hydrogen-bond acceptors (Lipinski definition) is 4. The van der Waals surface area contributed by atoms with Crippen molar-refractivity contribution in [1.29, 1.82) is 0 Å². The van der Waals surface area contributed by atoms with E-state index in [1.54, 1.807) is 13.1 Å². The molecule has 25 heavy (non-hydrogen) atoms. The van der Waals surface area contributed by atoms with Gasteiger partial charge in [-0.1, -0.05) is 18.9 Å². The summed E-state index contributed by atoms with van der Waals surface area (Å²) in [5, 5.41) is 3.08. The lowest BCUT2D eigenvalue weighted by molar-refractivity contribution is -0.133. The van der Waals surface area contributed by atoms with E-state index in [2.05, 4.69) is 15.2 Å². The number of aromatic nitrogens is 1. The number of pyridine rings is 1. The van der Waals surface area contributed by atoms with Gasteiger partial charge in [0, 0.05) is 39.3 Å². The first kappa shape index (κ1) is 17.9. The predicted molar refractivity (Wildman–Crippen MR) is 95.7 cm³/mol. The minimum absolute atomic E-state index is 0.0830. The van der Waals surface area contributed by atoms with Crippen molar-refractivity contribution in [2.75, 3.05) is 26.2 Å². The third kappa shape index (κ3) is 4.57. The third-order valence-electron chi connectivity index (χ3n) is 5.44. The van der Waals surface area contributed by atoms with E-state index in [0.717, 1.165) is 31.6 Å². The van der Waals surface area contributed by atoms with Gasteiger partial charge in [0.1, 0.15) is 0 Å². The number of nitrogens with one attached hydrogen (secondary N) is 1. The molecular weight excluding hydrogens is 316 g/mol. The zero-order valence-corrected chi connectivity index (χ0v) is 15.0. The second kappa shape index (κ2) is 8.43. The van der Waals surface area contributed by atoms with Crippen molar-refractivity contribution in [1.82, 2.24) is 20.1 Å². The molecule has 1 aliphatic carbocycles. The van der Waals surface area contributed by atoms with Crippen molar-refractivity contribution in [3.8, 4) is 0 Å². The molecule has 6 nitrogen and oxygen atoms in total. The minimum Gasteiger partial charge on any atom is -0.349 e. The van der Waals surface area contributed by atoms with E-state index >= 15 is 0 Å². The summed E-state index contributed by atoms with van der Waals surface area (Å²) in [6.07, 6.45) is 6.41. The van der Waals surface area contributed by atoms with Crippen LogP contribution in [0.4, 0.5) is 0 Å². The maximum Gasteiger partial charge on any atom is 0.237 e. The van der Waals surface area contributed by atoms with Crippen LogP contribution in [0.5, 0.6) is 0 Å². The highest BCUT2D eigenvalue weighted by molar-refractivity contribution is 5.82.